The quantitative estimate of drug-likeness (QED) is 0.517. The molecule has 4 aromatic rings. The highest BCUT2D eigenvalue weighted by molar-refractivity contribution is 7.99. The molecule has 0 fully saturated rings. The first-order valence-electron chi connectivity index (χ1n) is 8.30. The van der Waals surface area contributed by atoms with Crippen LogP contribution < -0.4 is 0 Å². The third kappa shape index (κ3) is 3.32. The number of carbonyl (C=O) groups excluding carboxylic acids is 1. The zero-order valence-corrected chi connectivity index (χ0v) is 16.1. The van der Waals surface area contributed by atoms with Crippen LogP contribution in [0.5, 0.6) is 0 Å². The van der Waals surface area contributed by atoms with E-state index in [9.17, 15) is 4.79 Å². The minimum Gasteiger partial charge on any atom is -0.336 e. The van der Waals surface area contributed by atoms with Gasteiger partial charge in [-0.1, -0.05) is 36.0 Å². The van der Waals surface area contributed by atoms with Gasteiger partial charge in [0.05, 0.1) is 33.0 Å². The minimum absolute atomic E-state index is 0.0576. The molecule has 5 nitrogen and oxygen atoms in total. The fourth-order valence-electron chi connectivity index (χ4n) is 2.68. The van der Waals surface area contributed by atoms with Crippen molar-refractivity contribution in [2.75, 3.05) is 12.8 Å². The van der Waals surface area contributed by atoms with Crippen molar-refractivity contribution in [3.8, 4) is 0 Å². The van der Waals surface area contributed by atoms with Crippen LogP contribution in [0.25, 0.3) is 21.3 Å². The first-order chi connectivity index (χ1) is 12.6. The van der Waals surface area contributed by atoms with Crippen molar-refractivity contribution >= 4 is 50.3 Å². The molecule has 0 radical (unpaired) electrons. The van der Waals surface area contributed by atoms with Crippen molar-refractivity contribution in [3.63, 3.8) is 0 Å². The number of aromatic amines is 1. The Kier molecular flexibility index (Phi) is 4.65. The molecule has 132 valence electrons. The molecule has 0 unspecified atom stereocenters. The Balaban J connectivity index is 1.43. The number of nitrogens with zero attached hydrogens (tertiary/aromatic N) is 3. The highest BCUT2D eigenvalue weighted by Crippen LogP contribution is 2.29. The second-order valence-electron chi connectivity index (χ2n) is 6.05. The molecule has 0 spiro atoms. The monoisotopic (exact) mass is 382 g/mol. The molecule has 7 heteroatoms. The second kappa shape index (κ2) is 7.09. The number of benzene rings is 2. The molecule has 0 bridgehead atoms. The van der Waals surface area contributed by atoms with Crippen LogP contribution in [0.1, 0.15) is 18.0 Å². The molecule has 0 aliphatic rings. The molecule has 0 saturated heterocycles. The van der Waals surface area contributed by atoms with Gasteiger partial charge in [-0.25, -0.2) is 9.97 Å². The van der Waals surface area contributed by atoms with Crippen molar-refractivity contribution < 1.29 is 4.79 Å². The number of thiazole rings is 1. The molecular weight excluding hydrogens is 364 g/mol. The summed E-state index contributed by atoms with van der Waals surface area (Å²) in [5.41, 5.74) is 2.88. The van der Waals surface area contributed by atoms with Crippen LogP contribution in [0.4, 0.5) is 0 Å². The fraction of sp³-hybridized carbons (Fsp3) is 0.211. The lowest BCUT2D eigenvalue weighted by atomic mass is 10.3. The van der Waals surface area contributed by atoms with Gasteiger partial charge in [-0.05, 0) is 31.2 Å². The van der Waals surface area contributed by atoms with Gasteiger partial charge < -0.3 is 9.88 Å². The normalized spacial score (nSPS) is 12.5. The van der Waals surface area contributed by atoms with E-state index in [0.29, 0.717) is 5.75 Å². The average Bonchev–Trinajstić information content (AvgIpc) is 3.28. The first-order valence-corrected chi connectivity index (χ1v) is 10.1. The number of H-pyrrole nitrogens is 1. The van der Waals surface area contributed by atoms with Gasteiger partial charge in [-0.2, -0.15) is 0 Å². The maximum absolute atomic E-state index is 12.6. The van der Waals surface area contributed by atoms with E-state index in [-0.39, 0.29) is 11.9 Å². The highest BCUT2D eigenvalue weighted by Gasteiger charge is 2.21. The molecule has 0 aliphatic heterocycles. The number of hydrogen-bond donors (Lipinski definition) is 1. The molecule has 1 amide bonds. The summed E-state index contributed by atoms with van der Waals surface area (Å²) in [5.74, 6) is 0.396. The van der Waals surface area contributed by atoms with Gasteiger partial charge in [0.25, 0.3) is 0 Å². The predicted molar refractivity (Wildman–Crippen MR) is 108 cm³/mol. The van der Waals surface area contributed by atoms with Crippen LogP contribution in [0.3, 0.4) is 0 Å². The average molecular weight is 383 g/mol. The van der Waals surface area contributed by atoms with E-state index in [1.54, 1.807) is 16.2 Å². The van der Waals surface area contributed by atoms with Crippen LogP contribution >= 0.6 is 23.1 Å². The van der Waals surface area contributed by atoms with E-state index in [1.165, 1.54) is 11.8 Å². The lowest BCUT2D eigenvalue weighted by Gasteiger charge is -2.22. The summed E-state index contributed by atoms with van der Waals surface area (Å²) >= 11 is 3.06. The molecule has 0 aliphatic carbocycles. The van der Waals surface area contributed by atoms with E-state index in [2.05, 4.69) is 21.0 Å². The number of para-hydroxylation sites is 3. The summed E-state index contributed by atoms with van der Waals surface area (Å²) in [6.07, 6.45) is 0. The molecule has 2 heterocycles. The maximum atomic E-state index is 12.6. The summed E-state index contributed by atoms with van der Waals surface area (Å²) in [5, 5.41) is 1.72. The van der Waals surface area contributed by atoms with E-state index in [1.807, 2.05) is 56.4 Å². The lowest BCUT2D eigenvalue weighted by Crippen LogP contribution is -2.31. The maximum Gasteiger partial charge on any atom is 0.233 e. The predicted octanol–water partition coefficient (Wildman–Crippen LogP) is 4.48. The Morgan fingerprint density at radius 2 is 1.88 bits per heavy atom. The number of thioether (sulfide) groups is 1. The number of aromatic nitrogens is 3. The Morgan fingerprint density at radius 1 is 1.15 bits per heavy atom. The van der Waals surface area contributed by atoms with Crippen molar-refractivity contribution in [2.24, 2.45) is 0 Å². The Bertz CT molecular complexity index is 1010. The molecular formula is C19H18N4OS2. The topological polar surface area (TPSA) is 61.9 Å². The van der Waals surface area contributed by atoms with Crippen LogP contribution in [0.2, 0.25) is 0 Å². The third-order valence-corrected chi connectivity index (χ3v) is 6.41. The van der Waals surface area contributed by atoms with Gasteiger partial charge in [0.2, 0.25) is 5.91 Å². The van der Waals surface area contributed by atoms with Crippen LogP contribution in [-0.2, 0) is 4.79 Å². The Hall–Kier alpha value is -2.38. The SMILES string of the molecule is C[C@@H](c1nc2ccccc2s1)N(C)C(=O)CSc1nc2ccccc2[nH]1. The van der Waals surface area contributed by atoms with E-state index < -0.39 is 0 Å². The van der Waals surface area contributed by atoms with Crippen molar-refractivity contribution in [2.45, 2.75) is 18.1 Å². The smallest absolute Gasteiger partial charge is 0.233 e. The zero-order valence-electron chi connectivity index (χ0n) is 14.5. The van der Waals surface area contributed by atoms with E-state index in [4.69, 9.17) is 0 Å². The fourth-order valence-corrected chi connectivity index (χ4v) is 4.55. The lowest BCUT2D eigenvalue weighted by molar-refractivity contribution is -0.128. The summed E-state index contributed by atoms with van der Waals surface area (Å²) < 4.78 is 1.15. The highest BCUT2D eigenvalue weighted by atomic mass is 32.2. The summed E-state index contributed by atoms with van der Waals surface area (Å²) in [6.45, 7) is 2.02. The third-order valence-electron chi connectivity index (χ3n) is 4.34. The number of carbonyl (C=O) groups is 1. The first kappa shape index (κ1) is 17.1. The zero-order chi connectivity index (χ0) is 18.1. The van der Waals surface area contributed by atoms with E-state index in [0.717, 1.165) is 31.4 Å². The van der Waals surface area contributed by atoms with Crippen molar-refractivity contribution in [1.29, 1.82) is 0 Å². The van der Waals surface area contributed by atoms with Gasteiger partial charge in [0.1, 0.15) is 5.01 Å². The Morgan fingerprint density at radius 3 is 2.65 bits per heavy atom. The van der Waals surface area contributed by atoms with Crippen LogP contribution in [-0.4, -0.2) is 38.6 Å². The number of amides is 1. The van der Waals surface area contributed by atoms with Gasteiger partial charge in [-0.15, -0.1) is 11.3 Å². The van der Waals surface area contributed by atoms with Crippen molar-refractivity contribution in [1.82, 2.24) is 19.9 Å². The number of rotatable bonds is 5. The van der Waals surface area contributed by atoms with Crippen LogP contribution in [0, 0.1) is 0 Å². The molecule has 4 rings (SSSR count). The molecule has 0 saturated carbocycles. The van der Waals surface area contributed by atoms with Gasteiger partial charge >= 0.3 is 0 Å². The van der Waals surface area contributed by atoms with Crippen molar-refractivity contribution in [3.05, 3.63) is 53.5 Å². The molecule has 2 aromatic heterocycles. The number of fused-ring (bicyclic) bond motifs is 2. The molecule has 1 atom stereocenters. The summed E-state index contributed by atoms with van der Waals surface area (Å²) in [7, 11) is 1.83. The Labute approximate surface area is 159 Å². The standard InChI is InChI=1S/C19H18N4OS2/c1-12(18-20-15-9-5-6-10-16(15)26-18)23(2)17(24)11-25-19-21-13-7-3-4-8-14(13)22-19/h3-10,12H,11H2,1-2H3,(H,21,22)/t12-/m0/s1. The second-order valence-corrected chi connectivity index (χ2v) is 8.07. The van der Waals surface area contributed by atoms with Crippen LogP contribution in [0.15, 0.2) is 53.7 Å². The number of hydrogen-bond acceptors (Lipinski definition) is 5. The molecule has 2 aromatic carbocycles. The van der Waals surface area contributed by atoms with Gasteiger partial charge in [0.15, 0.2) is 5.16 Å². The molecule has 26 heavy (non-hydrogen) atoms. The van der Waals surface area contributed by atoms with Gasteiger partial charge in [0, 0.05) is 7.05 Å². The summed E-state index contributed by atoms with van der Waals surface area (Å²) in [6, 6.07) is 15.8. The van der Waals surface area contributed by atoms with Gasteiger partial charge in [-0.3, -0.25) is 4.79 Å². The van der Waals surface area contributed by atoms with E-state index >= 15 is 0 Å². The number of imidazole rings is 1. The minimum atomic E-state index is -0.0591. The number of nitrogens with one attached hydrogen (secondary N) is 1. The largest absolute Gasteiger partial charge is 0.336 e. The molecule has 1 N–H and O–H groups in total. The summed E-state index contributed by atoms with van der Waals surface area (Å²) in [4.78, 5) is 26.8.